The molecule has 0 bridgehead atoms. The molecular weight excluding hydrogens is 348 g/mol. The van der Waals surface area contributed by atoms with Crippen LogP contribution < -0.4 is 0 Å². The van der Waals surface area contributed by atoms with Crippen LogP contribution in [0.2, 0.25) is 0 Å². The van der Waals surface area contributed by atoms with E-state index in [2.05, 4.69) is 60.9 Å². The van der Waals surface area contributed by atoms with Crippen molar-refractivity contribution >= 4 is 0 Å². The molecule has 1 saturated heterocycles. The molecule has 1 heterocycles. The second-order valence-corrected chi connectivity index (χ2v) is 9.41. The SMILES string of the molecule is CC(C)[C@H]1CC[C@@H](C)C[C@@H]1OC[C@H](O)CN1CCN(Cc2ccccc2)CC1. The molecule has 0 spiro atoms. The van der Waals surface area contributed by atoms with Crippen LogP contribution in [-0.2, 0) is 11.3 Å². The van der Waals surface area contributed by atoms with Gasteiger partial charge in [-0.05, 0) is 36.2 Å². The summed E-state index contributed by atoms with van der Waals surface area (Å²) in [4.78, 5) is 4.89. The quantitative estimate of drug-likeness (QED) is 0.738. The van der Waals surface area contributed by atoms with Gasteiger partial charge in [0, 0.05) is 39.3 Å². The molecule has 1 aliphatic heterocycles. The topological polar surface area (TPSA) is 35.9 Å². The lowest BCUT2D eigenvalue weighted by Crippen LogP contribution is -2.49. The molecule has 4 atom stereocenters. The lowest BCUT2D eigenvalue weighted by Gasteiger charge is -2.38. The number of hydrogen-bond acceptors (Lipinski definition) is 4. The van der Waals surface area contributed by atoms with Crippen molar-refractivity contribution in [1.82, 2.24) is 9.80 Å². The van der Waals surface area contributed by atoms with Crippen molar-refractivity contribution in [3.63, 3.8) is 0 Å². The van der Waals surface area contributed by atoms with Crippen LogP contribution in [-0.4, -0.2) is 66.4 Å². The van der Waals surface area contributed by atoms with Gasteiger partial charge in [-0.3, -0.25) is 9.80 Å². The lowest BCUT2D eigenvalue weighted by molar-refractivity contribution is -0.0755. The molecular formula is C24H40N2O2. The molecule has 4 nitrogen and oxygen atoms in total. The van der Waals surface area contributed by atoms with Crippen molar-refractivity contribution in [3.8, 4) is 0 Å². The smallest absolute Gasteiger partial charge is 0.0900 e. The largest absolute Gasteiger partial charge is 0.389 e. The average Bonchev–Trinajstić information content (AvgIpc) is 2.68. The highest BCUT2D eigenvalue weighted by Gasteiger charge is 2.32. The summed E-state index contributed by atoms with van der Waals surface area (Å²) in [5.41, 5.74) is 1.38. The summed E-state index contributed by atoms with van der Waals surface area (Å²) in [5.74, 6) is 2.05. The highest BCUT2D eigenvalue weighted by molar-refractivity contribution is 5.14. The van der Waals surface area contributed by atoms with E-state index in [9.17, 15) is 5.11 Å². The number of ether oxygens (including phenoxy) is 1. The Labute approximate surface area is 171 Å². The number of hydrogen-bond donors (Lipinski definition) is 1. The Morgan fingerprint density at radius 2 is 1.71 bits per heavy atom. The maximum atomic E-state index is 10.5. The van der Waals surface area contributed by atoms with Crippen LogP contribution in [0, 0.1) is 17.8 Å². The van der Waals surface area contributed by atoms with Crippen LogP contribution in [0.3, 0.4) is 0 Å². The number of β-amino-alcohol motifs (C(OH)–C–C–N with tert-alkyl or cyclic N) is 1. The van der Waals surface area contributed by atoms with E-state index in [1.54, 1.807) is 0 Å². The molecule has 0 amide bonds. The Hall–Kier alpha value is -0.940. The Morgan fingerprint density at radius 1 is 1.04 bits per heavy atom. The first-order valence-corrected chi connectivity index (χ1v) is 11.3. The number of rotatable bonds is 8. The van der Waals surface area contributed by atoms with Gasteiger partial charge in [0.05, 0.1) is 18.8 Å². The molecule has 2 aliphatic rings. The van der Waals surface area contributed by atoms with Gasteiger partial charge in [0.25, 0.3) is 0 Å². The zero-order valence-corrected chi connectivity index (χ0v) is 18.1. The molecule has 1 aliphatic carbocycles. The number of aliphatic hydroxyl groups is 1. The van der Waals surface area contributed by atoms with E-state index in [1.165, 1.54) is 18.4 Å². The molecule has 2 fully saturated rings. The van der Waals surface area contributed by atoms with Crippen molar-refractivity contribution in [3.05, 3.63) is 35.9 Å². The normalized spacial score (nSPS) is 28.5. The lowest BCUT2D eigenvalue weighted by atomic mass is 9.75. The van der Waals surface area contributed by atoms with Gasteiger partial charge < -0.3 is 9.84 Å². The molecule has 1 aromatic carbocycles. The van der Waals surface area contributed by atoms with E-state index in [-0.39, 0.29) is 6.10 Å². The third-order valence-electron chi connectivity index (χ3n) is 6.65. The van der Waals surface area contributed by atoms with E-state index in [1.807, 2.05) is 0 Å². The third-order valence-corrected chi connectivity index (χ3v) is 6.65. The van der Waals surface area contributed by atoms with E-state index in [4.69, 9.17) is 4.74 Å². The summed E-state index contributed by atoms with van der Waals surface area (Å²) < 4.78 is 6.24. The van der Waals surface area contributed by atoms with Crippen LogP contribution in [0.1, 0.15) is 45.6 Å². The Bertz CT molecular complexity index is 557. The Kier molecular flexibility index (Phi) is 8.34. The van der Waals surface area contributed by atoms with Gasteiger partial charge in [0.2, 0.25) is 0 Å². The van der Waals surface area contributed by atoms with Crippen molar-refractivity contribution in [2.24, 2.45) is 17.8 Å². The maximum Gasteiger partial charge on any atom is 0.0900 e. The zero-order valence-electron chi connectivity index (χ0n) is 18.1. The highest BCUT2D eigenvalue weighted by atomic mass is 16.5. The van der Waals surface area contributed by atoms with E-state index in [0.29, 0.717) is 24.5 Å². The van der Waals surface area contributed by atoms with Crippen LogP contribution in [0.25, 0.3) is 0 Å². The molecule has 1 N–H and O–H groups in total. The molecule has 1 aromatic rings. The highest BCUT2D eigenvalue weighted by Crippen LogP contribution is 2.35. The number of piperazine rings is 1. The fraction of sp³-hybridized carbons (Fsp3) is 0.750. The van der Waals surface area contributed by atoms with E-state index < -0.39 is 0 Å². The van der Waals surface area contributed by atoms with Gasteiger partial charge in [-0.1, -0.05) is 57.5 Å². The predicted molar refractivity (Wildman–Crippen MR) is 115 cm³/mol. The van der Waals surface area contributed by atoms with Gasteiger partial charge in [0.1, 0.15) is 0 Å². The molecule has 0 unspecified atom stereocenters. The van der Waals surface area contributed by atoms with Gasteiger partial charge >= 0.3 is 0 Å². The second-order valence-electron chi connectivity index (χ2n) is 9.41. The second kappa shape index (κ2) is 10.7. The Morgan fingerprint density at radius 3 is 2.39 bits per heavy atom. The number of benzene rings is 1. The first-order valence-electron chi connectivity index (χ1n) is 11.3. The number of aliphatic hydroxyl groups excluding tert-OH is 1. The van der Waals surface area contributed by atoms with Crippen molar-refractivity contribution in [1.29, 1.82) is 0 Å². The molecule has 28 heavy (non-hydrogen) atoms. The summed E-state index contributed by atoms with van der Waals surface area (Å²) >= 11 is 0. The van der Waals surface area contributed by atoms with Crippen molar-refractivity contribution < 1.29 is 9.84 Å². The van der Waals surface area contributed by atoms with Gasteiger partial charge in [-0.25, -0.2) is 0 Å². The molecule has 0 aromatic heterocycles. The average molecular weight is 389 g/mol. The fourth-order valence-electron chi connectivity index (χ4n) is 4.86. The van der Waals surface area contributed by atoms with Gasteiger partial charge in [-0.2, -0.15) is 0 Å². The third kappa shape index (κ3) is 6.55. The molecule has 0 radical (unpaired) electrons. The van der Waals surface area contributed by atoms with Crippen molar-refractivity contribution in [2.75, 3.05) is 39.3 Å². The minimum Gasteiger partial charge on any atom is -0.389 e. The predicted octanol–water partition coefficient (Wildman–Crippen LogP) is 3.64. The summed E-state index contributed by atoms with van der Waals surface area (Å²) in [6.45, 7) is 13.4. The first kappa shape index (κ1) is 21.8. The summed E-state index contributed by atoms with van der Waals surface area (Å²) in [7, 11) is 0. The number of nitrogens with zero attached hydrogens (tertiary/aromatic N) is 2. The van der Waals surface area contributed by atoms with Crippen LogP contribution in [0.5, 0.6) is 0 Å². The van der Waals surface area contributed by atoms with Crippen LogP contribution in [0.4, 0.5) is 0 Å². The monoisotopic (exact) mass is 388 g/mol. The van der Waals surface area contributed by atoms with Crippen LogP contribution in [0.15, 0.2) is 30.3 Å². The summed E-state index contributed by atoms with van der Waals surface area (Å²) in [6.07, 6.45) is 3.67. The minimum atomic E-state index is -0.384. The van der Waals surface area contributed by atoms with Gasteiger partial charge in [0.15, 0.2) is 0 Å². The molecule has 3 rings (SSSR count). The summed E-state index contributed by atoms with van der Waals surface area (Å²) in [6, 6.07) is 10.7. The first-order chi connectivity index (χ1) is 13.5. The molecule has 4 heteroatoms. The van der Waals surface area contributed by atoms with Gasteiger partial charge in [-0.15, -0.1) is 0 Å². The minimum absolute atomic E-state index is 0.320. The molecule has 1 saturated carbocycles. The standard InChI is InChI=1S/C24H40N2O2/c1-19(2)23-10-9-20(3)15-24(23)28-18-22(27)17-26-13-11-25(12-14-26)16-21-7-5-4-6-8-21/h4-8,19-20,22-24,27H,9-18H2,1-3H3/t20-,22-,23-,24+/m1/s1. The fourth-order valence-corrected chi connectivity index (χ4v) is 4.86. The maximum absolute atomic E-state index is 10.5. The zero-order chi connectivity index (χ0) is 19.9. The van der Waals surface area contributed by atoms with Crippen LogP contribution >= 0.6 is 0 Å². The summed E-state index contributed by atoms with van der Waals surface area (Å²) in [5, 5.41) is 10.5. The Balaban J connectivity index is 1.36. The molecule has 158 valence electrons. The van der Waals surface area contributed by atoms with E-state index in [0.717, 1.165) is 51.6 Å². The van der Waals surface area contributed by atoms with Crippen molar-refractivity contribution in [2.45, 2.75) is 58.8 Å². The van der Waals surface area contributed by atoms with E-state index >= 15 is 0 Å².